The highest BCUT2D eigenvalue weighted by atomic mass is 19.1. The van der Waals surface area contributed by atoms with Crippen LogP contribution in [0.2, 0.25) is 0 Å². The van der Waals surface area contributed by atoms with Crippen LogP contribution in [0.3, 0.4) is 0 Å². The van der Waals surface area contributed by atoms with Gasteiger partial charge < -0.3 is 15.5 Å². The molecule has 0 aliphatic carbocycles. The molecule has 0 aromatic heterocycles. The zero-order valence-electron chi connectivity index (χ0n) is 11.5. The van der Waals surface area contributed by atoms with Crippen LogP contribution in [0, 0.1) is 5.82 Å². The van der Waals surface area contributed by atoms with Gasteiger partial charge in [-0.25, -0.2) is 4.39 Å². The van der Waals surface area contributed by atoms with Gasteiger partial charge in [0, 0.05) is 11.8 Å². The van der Waals surface area contributed by atoms with Crippen molar-refractivity contribution in [1.82, 2.24) is 0 Å². The molecule has 0 saturated heterocycles. The highest BCUT2D eigenvalue weighted by Crippen LogP contribution is 2.22. The second-order valence-electron chi connectivity index (χ2n) is 4.22. The Labute approximate surface area is 121 Å². The Hall–Kier alpha value is -2.60. The third-order valence-corrected chi connectivity index (χ3v) is 2.82. The molecule has 21 heavy (non-hydrogen) atoms. The highest BCUT2D eigenvalue weighted by Gasteiger charge is 2.12. The molecule has 0 radical (unpaired) electrons. The van der Waals surface area contributed by atoms with Crippen molar-refractivity contribution in [2.24, 2.45) is 5.84 Å². The van der Waals surface area contributed by atoms with Crippen molar-refractivity contribution >= 4 is 17.3 Å². The minimum atomic E-state index is -0.528. The van der Waals surface area contributed by atoms with Crippen molar-refractivity contribution < 1.29 is 13.9 Å². The average Bonchev–Trinajstić information content (AvgIpc) is 2.50. The molecule has 2 rings (SSSR count). The number of hydrogen-bond donors (Lipinski definition) is 3. The van der Waals surface area contributed by atoms with Crippen LogP contribution >= 0.6 is 0 Å². The summed E-state index contributed by atoms with van der Waals surface area (Å²) in [7, 11) is 0. The van der Waals surface area contributed by atoms with Gasteiger partial charge in [-0.05, 0) is 31.2 Å². The molecule has 5 nitrogen and oxygen atoms in total. The standard InChI is InChI=1S/C15H16FN3O2/c1-2-21-14-8-7-10(9-12(14)16)18-15(20)11-5-3-4-6-13(11)19-17/h3-9,19H,2,17H2,1H3,(H,18,20). The molecule has 0 bridgehead atoms. The van der Waals surface area contributed by atoms with E-state index in [9.17, 15) is 9.18 Å². The maximum atomic E-state index is 13.7. The quantitative estimate of drug-likeness (QED) is 0.584. The molecule has 2 aromatic carbocycles. The van der Waals surface area contributed by atoms with Crippen molar-refractivity contribution in [2.75, 3.05) is 17.3 Å². The molecular weight excluding hydrogens is 273 g/mol. The van der Waals surface area contributed by atoms with Crippen LogP contribution in [0.15, 0.2) is 42.5 Å². The molecule has 1 amide bonds. The van der Waals surface area contributed by atoms with Gasteiger partial charge in [-0.15, -0.1) is 0 Å². The molecule has 0 aliphatic heterocycles. The Bertz CT molecular complexity index is 647. The minimum Gasteiger partial charge on any atom is -0.491 e. The van der Waals surface area contributed by atoms with Gasteiger partial charge in [-0.3, -0.25) is 10.6 Å². The molecular formula is C15H16FN3O2. The number of amides is 1. The summed E-state index contributed by atoms with van der Waals surface area (Å²) in [6.07, 6.45) is 0. The van der Waals surface area contributed by atoms with Crippen LogP contribution in [0.25, 0.3) is 0 Å². The summed E-state index contributed by atoms with van der Waals surface area (Å²) >= 11 is 0. The lowest BCUT2D eigenvalue weighted by Gasteiger charge is -2.10. The van der Waals surface area contributed by atoms with Gasteiger partial charge in [0.1, 0.15) is 0 Å². The number of rotatable bonds is 5. The summed E-state index contributed by atoms with van der Waals surface area (Å²) in [5.74, 6) is 4.59. The fourth-order valence-electron chi connectivity index (χ4n) is 1.86. The summed E-state index contributed by atoms with van der Waals surface area (Å²) in [4.78, 5) is 12.2. The number of carbonyl (C=O) groups is 1. The van der Waals surface area contributed by atoms with Gasteiger partial charge in [0.25, 0.3) is 5.91 Å². The molecule has 4 N–H and O–H groups in total. The van der Waals surface area contributed by atoms with Crippen LogP contribution in [0.5, 0.6) is 5.75 Å². The fourth-order valence-corrected chi connectivity index (χ4v) is 1.86. The highest BCUT2D eigenvalue weighted by molar-refractivity contribution is 6.08. The van der Waals surface area contributed by atoms with E-state index < -0.39 is 5.82 Å². The number of nitrogens with one attached hydrogen (secondary N) is 2. The number of anilines is 2. The van der Waals surface area contributed by atoms with E-state index in [1.54, 1.807) is 37.3 Å². The second kappa shape index (κ2) is 6.71. The number of benzene rings is 2. The van der Waals surface area contributed by atoms with E-state index in [2.05, 4.69) is 10.7 Å². The number of nitrogens with two attached hydrogens (primary N) is 1. The molecule has 0 heterocycles. The van der Waals surface area contributed by atoms with E-state index in [1.165, 1.54) is 12.1 Å². The summed E-state index contributed by atoms with van der Waals surface area (Å²) in [5, 5.41) is 2.61. The van der Waals surface area contributed by atoms with E-state index in [0.717, 1.165) is 0 Å². The van der Waals surface area contributed by atoms with Gasteiger partial charge in [0.2, 0.25) is 0 Å². The molecule has 6 heteroatoms. The number of para-hydroxylation sites is 1. The summed E-state index contributed by atoms with van der Waals surface area (Å²) < 4.78 is 18.8. The van der Waals surface area contributed by atoms with Crippen LogP contribution in [-0.2, 0) is 0 Å². The molecule has 0 fully saturated rings. The smallest absolute Gasteiger partial charge is 0.257 e. The van der Waals surface area contributed by atoms with Gasteiger partial charge in [0.05, 0.1) is 17.9 Å². The first-order valence-electron chi connectivity index (χ1n) is 6.45. The van der Waals surface area contributed by atoms with Gasteiger partial charge in [-0.2, -0.15) is 0 Å². The van der Waals surface area contributed by atoms with Crippen LogP contribution in [-0.4, -0.2) is 12.5 Å². The second-order valence-corrected chi connectivity index (χ2v) is 4.22. The summed E-state index contributed by atoms with van der Waals surface area (Å²) in [6, 6.07) is 11.0. The number of hydrazine groups is 1. The summed E-state index contributed by atoms with van der Waals surface area (Å²) in [6.45, 7) is 2.14. The number of ether oxygens (including phenoxy) is 1. The Morgan fingerprint density at radius 1 is 1.29 bits per heavy atom. The van der Waals surface area contributed by atoms with Crippen molar-refractivity contribution in [1.29, 1.82) is 0 Å². The van der Waals surface area contributed by atoms with Crippen molar-refractivity contribution in [3.8, 4) is 5.75 Å². The van der Waals surface area contributed by atoms with Crippen molar-refractivity contribution in [3.63, 3.8) is 0 Å². The first-order valence-corrected chi connectivity index (χ1v) is 6.45. The predicted molar refractivity (Wildman–Crippen MR) is 79.8 cm³/mol. The van der Waals surface area contributed by atoms with Crippen LogP contribution < -0.4 is 21.3 Å². The number of nitrogen functional groups attached to an aromatic ring is 1. The maximum absolute atomic E-state index is 13.7. The largest absolute Gasteiger partial charge is 0.491 e. The first-order chi connectivity index (χ1) is 10.2. The zero-order chi connectivity index (χ0) is 15.2. The lowest BCUT2D eigenvalue weighted by molar-refractivity contribution is 0.102. The molecule has 0 saturated carbocycles. The van der Waals surface area contributed by atoms with Gasteiger partial charge >= 0.3 is 0 Å². The summed E-state index contributed by atoms with van der Waals surface area (Å²) in [5.41, 5.74) is 3.64. The third kappa shape index (κ3) is 3.49. The van der Waals surface area contributed by atoms with Gasteiger partial charge in [-0.1, -0.05) is 12.1 Å². The number of hydrogen-bond acceptors (Lipinski definition) is 4. The lowest BCUT2D eigenvalue weighted by Crippen LogP contribution is -2.17. The van der Waals surface area contributed by atoms with Crippen LogP contribution in [0.4, 0.5) is 15.8 Å². The molecule has 0 aliphatic rings. The Morgan fingerprint density at radius 3 is 2.71 bits per heavy atom. The Balaban J connectivity index is 2.18. The fraction of sp³-hybridized carbons (Fsp3) is 0.133. The van der Waals surface area contributed by atoms with E-state index in [4.69, 9.17) is 10.6 Å². The van der Waals surface area contributed by atoms with E-state index in [-0.39, 0.29) is 11.7 Å². The van der Waals surface area contributed by atoms with E-state index >= 15 is 0 Å². The minimum absolute atomic E-state index is 0.152. The SMILES string of the molecule is CCOc1ccc(NC(=O)c2ccccc2NN)cc1F. The molecule has 0 spiro atoms. The Morgan fingerprint density at radius 2 is 2.05 bits per heavy atom. The monoisotopic (exact) mass is 289 g/mol. The lowest BCUT2D eigenvalue weighted by atomic mass is 10.1. The van der Waals surface area contributed by atoms with E-state index in [0.29, 0.717) is 23.5 Å². The normalized spacial score (nSPS) is 10.0. The molecule has 110 valence electrons. The zero-order valence-corrected chi connectivity index (χ0v) is 11.5. The van der Waals surface area contributed by atoms with E-state index in [1.807, 2.05) is 0 Å². The average molecular weight is 289 g/mol. The topological polar surface area (TPSA) is 76.4 Å². The van der Waals surface area contributed by atoms with Crippen molar-refractivity contribution in [3.05, 3.63) is 53.8 Å². The molecule has 0 atom stereocenters. The predicted octanol–water partition coefficient (Wildman–Crippen LogP) is 2.76. The molecule has 0 unspecified atom stereocenters. The molecule has 2 aromatic rings. The third-order valence-electron chi connectivity index (χ3n) is 2.82. The number of halogens is 1. The van der Waals surface area contributed by atoms with Gasteiger partial charge in [0.15, 0.2) is 11.6 Å². The van der Waals surface area contributed by atoms with Crippen LogP contribution in [0.1, 0.15) is 17.3 Å². The number of carbonyl (C=O) groups excluding carboxylic acids is 1. The Kier molecular flexibility index (Phi) is 4.73. The van der Waals surface area contributed by atoms with Crippen molar-refractivity contribution in [2.45, 2.75) is 6.92 Å². The first kappa shape index (κ1) is 14.8. The maximum Gasteiger partial charge on any atom is 0.257 e.